The van der Waals surface area contributed by atoms with Gasteiger partial charge in [-0.15, -0.1) is 0 Å². The molecule has 0 aromatic carbocycles. The van der Waals surface area contributed by atoms with Gasteiger partial charge in [-0.1, -0.05) is 19.6 Å². The Labute approximate surface area is 238 Å². The molecule has 1 atom stereocenters. The Kier molecular flexibility index (Phi) is 9.31. The first-order chi connectivity index (χ1) is 18.9. The van der Waals surface area contributed by atoms with Gasteiger partial charge in [0.1, 0.15) is 24.3 Å². The van der Waals surface area contributed by atoms with Gasteiger partial charge in [0.05, 0.1) is 30.4 Å². The number of fused-ring (bicyclic) bond motifs is 1. The minimum atomic E-state index is -1.14. The lowest BCUT2D eigenvalue weighted by atomic mass is 9.89. The monoisotopic (exact) mass is 565 g/mol. The van der Waals surface area contributed by atoms with Gasteiger partial charge in [0.15, 0.2) is 0 Å². The quantitative estimate of drug-likeness (QED) is 0.216. The molecule has 0 saturated carbocycles. The number of piperidine rings is 1. The molecule has 1 amide bonds. The van der Waals surface area contributed by atoms with Crippen LogP contribution in [0.25, 0.3) is 22.3 Å². The van der Waals surface area contributed by atoms with Crippen molar-refractivity contribution in [1.29, 1.82) is 5.26 Å². The van der Waals surface area contributed by atoms with E-state index < -0.39 is 13.7 Å². The highest BCUT2D eigenvalue weighted by molar-refractivity contribution is 6.76. The van der Waals surface area contributed by atoms with E-state index in [1.165, 1.54) is 0 Å². The molecule has 1 aliphatic rings. The maximum Gasteiger partial charge on any atom is 0.410 e. The molecule has 3 aromatic heterocycles. The molecule has 216 valence electrons. The number of nitriles is 1. The summed E-state index contributed by atoms with van der Waals surface area (Å²) in [6.45, 7) is 15.2. The molecule has 40 heavy (non-hydrogen) atoms. The first-order valence-electron chi connectivity index (χ1n) is 14.2. The zero-order valence-corrected chi connectivity index (χ0v) is 25.8. The second-order valence-corrected chi connectivity index (χ2v) is 18.6. The topological polar surface area (TPSA) is 111 Å². The Morgan fingerprint density at radius 2 is 1.98 bits per heavy atom. The van der Waals surface area contributed by atoms with Crippen LogP contribution >= 0.6 is 0 Å². The molecule has 1 fully saturated rings. The highest BCUT2D eigenvalue weighted by atomic mass is 28.3. The molecule has 4 rings (SSSR count). The van der Waals surface area contributed by atoms with E-state index in [1.807, 2.05) is 54.7 Å². The maximum atomic E-state index is 12.4. The summed E-state index contributed by atoms with van der Waals surface area (Å²) in [7, 11) is -1.14. The number of rotatable bonds is 10. The van der Waals surface area contributed by atoms with Crippen molar-refractivity contribution in [2.75, 3.05) is 19.7 Å². The van der Waals surface area contributed by atoms with Crippen LogP contribution in [0.3, 0.4) is 0 Å². The third-order valence-electron chi connectivity index (χ3n) is 7.23. The van der Waals surface area contributed by atoms with Crippen molar-refractivity contribution in [2.45, 2.75) is 90.5 Å². The molecule has 4 heterocycles. The van der Waals surface area contributed by atoms with Crippen molar-refractivity contribution in [2.24, 2.45) is 5.92 Å². The molecule has 0 radical (unpaired) electrons. The van der Waals surface area contributed by atoms with Gasteiger partial charge in [-0.25, -0.2) is 14.8 Å². The van der Waals surface area contributed by atoms with Crippen molar-refractivity contribution < 1.29 is 14.3 Å². The van der Waals surface area contributed by atoms with E-state index >= 15 is 0 Å². The fourth-order valence-electron chi connectivity index (χ4n) is 4.99. The van der Waals surface area contributed by atoms with Crippen LogP contribution in [-0.4, -0.2) is 68.7 Å². The van der Waals surface area contributed by atoms with E-state index in [-0.39, 0.29) is 12.1 Å². The van der Waals surface area contributed by atoms with Gasteiger partial charge < -0.3 is 18.9 Å². The number of ether oxygens (including phenoxy) is 2. The minimum Gasteiger partial charge on any atom is -0.444 e. The van der Waals surface area contributed by atoms with Crippen LogP contribution in [0, 0.1) is 17.2 Å². The second-order valence-electron chi connectivity index (χ2n) is 13.0. The number of carbonyl (C=O) groups is 1. The Morgan fingerprint density at radius 1 is 1.23 bits per heavy atom. The highest BCUT2D eigenvalue weighted by Gasteiger charge is 2.29. The minimum absolute atomic E-state index is 0.0430. The van der Waals surface area contributed by atoms with Crippen LogP contribution in [0.1, 0.15) is 52.5 Å². The number of hydrogen-bond acceptors (Lipinski definition) is 7. The van der Waals surface area contributed by atoms with Crippen molar-refractivity contribution in [3.8, 4) is 17.3 Å². The van der Waals surface area contributed by atoms with Crippen molar-refractivity contribution in [3.05, 3.63) is 31.0 Å². The number of hydrogen-bond donors (Lipinski definition) is 0. The van der Waals surface area contributed by atoms with Gasteiger partial charge in [0, 0.05) is 51.1 Å². The number of amides is 1. The van der Waals surface area contributed by atoms with Gasteiger partial charge in [-0.05, 0) is 58.1 Å². The summed E-state index contributed by atoms with van der Waals surface area (Å²) >= 11 is 0. The summed E-state index contributed by atoms with van der Waals surface area (Å²) in [6.07, 6.45) is 10.1. The highest BCUT2D eigenvalue weighted by Crippen LogP contribution is 2.31. The number of aromatic nitrogens is 5. The van der Waals surface area contributed by atoms with E-state index in [2.05, 4.69) is 40.8 Å². The van der Waals surface area contributed by atoms with Crippen molar-refractivity contribution in [3.63, 3.8) is 0 Å². The molecule has 0 spiro atoms. The molecule has 3 aromatic rings. The van der Waals surface area contributed by atoms with Crippen LogP contribution in [0.15, 0.2) is 31.0 Å². The Balaban J connectivity index is 1.41. The Hall–Kier alpha value is -3.23. The summed E-state index contributed by atoms with van der Waals surface area (Å²) in [5.41, 5.74) is 2.05. The van der Waals surface area contributed by atoms with Gasteiger partial charge in [-0.3, -0.25) is 4.68 Å². The molecule has 0 N–H and O–H groups in total. The molecular formula is C29H43N7O3Si. The summed E-state index contributed by atoms with van der Waals surface area (Å²) in [6, 6.07) is 5.44. The predicted octanol–water partition coefficient (Wildman–Crippen LogP) is 6.10. The van der Waals surface area contributed by atoms with Gasteiger partial charge in [0.25, 0.3) is 0 Å². The van der Waals surface area contributed by atoms with E-state index in [1.54, 1.807) is 11.2 Å². The third kappa shape index (κ3) is 7.92. The van der Waals surface area contributed by atoms with E-state index in [0.29, 0.717) is 32.2 Å². The smallest absolute Gasteiger partial charge is 0.410 e. The first kappa shape index (κ1) is 29.7. The molecule has 0 bridgehead atoms. The largest absolute Gasteiger partial charge is 0.444 e. The lowest BCUT2D eigenvalue weighted by Crippen LogP contribution is -2.42. The molecule has 1 aliphatic heterocycles. The number of likely N-dealkylation sites (tertiary alicyclic amines) is 1. The maximum absolute atomic E-state index is 12.4. The summed E-state index contributed by atoms with van der Waals surface area (Å²) < 4.78 is 15.4. The molecule has 0 aliphatic carbocycles. The zero-order valence-electron chi connectivity index (χ0n) is 24.8. The molecule has 1 saturated heterocycles. The van der Waals surface area contributed by atoms with E-state index in [4.69, 9.17) is 9.47 Å². The van der Waals surface area contributed by atoms with Gasteiger partial charge >= 0.3 is 6.09 Å². The molecule has 11 heteroatoms. The SMILES string of the molecule is CC(C)(C)OC(=O)N1CCC(C[C@@H](CC#N)n2cc(-c3ncnc4c3ccn4COCC[Si](C)(C)C)cn2)CC1. The summed E-state index contributed by atoms with van der Waals surface area (Å²) in [5.74, 6) is 0.408. The fraction of sp³-hybridized carbons (Fsp3) is 0.621. The van der Waals surface area contributed by atoms with Crippen LogP contribution < -0.4 is 0 Å². The lowest BCUT2D eigenvalue weighted by molar-refractivity contribution is 0.0176. The molecule has 0 unspecified atom stereocenters. The lowest BCUT2D eigenvalue weighted by Gasteiger charge is -2.34. The van der Waals surface area contributed by atoms with Crippen molar-refractivity contribution >= 4 is 25.2 Å². The van der Waals surface area contributed by atoms with Crippen LogP contribution in [0.2, 0.25) is 25.7 Å². The number of nitrogens with zero attached hydrogens (tertiary/aromatic N) is 7. The zero-order chi connectivity index (χ0) is 28.9. The standard InChI is InChI=1S/C29H43N7O3Si/c1-29(2,3)39-28(37)34-12-8-22(9-13-34)17-24(7-11-30)36-19-23(18-33-36)26-25-10-14-35(27(25)32-20-31-26)21-38-15-16-40(4,5)6/h10,14,18-20,22,24H,7-9,12-13,15-17,21H2,1-6H3/t24-/m1/s1. The average molecular weight is 566 g/mol. The van der Waals surface area contributed by atoms with Crippen molar-refractivity contribution in [1.82, 2.24) is 29.2 Å². The Morgan fingerprint density at radius 3 is 2.65 bits per heavy atom. The Bertz CT molecular complexity index is 1320. The van der Waals surface area contributed by atoms with E-state index in [9.17, 15) is 10.1 Å². The summed E-state index contributed by atoms with van der Waals surface area (Å²) in [5, 5.41) is 15.2. The third-order valence-corrected chi connectivity index (χ3v) is 8.93. The van der Waals surface area contributed by atoms with Crippen LogP contribution in [-0.2, 0) is 16.2 Å². The van der Waals surface area contributed by atoms with E-state index in [0.717, 1.165) is 54.2 Å². The summed E-state index contributed by atoms with van der Waals surface area (Å²) in [4.78, 5) is 23.3. The average Bonchev–Trinajstić information content (AvgIpc) is 3.53. The second kappa shape index (κ2) is 12.5. The van der Waals surface area contributed by atoms with Gasteiger partial charge in [0.2, 0.25) is 0 Å². The molecular weight excluding hydrogens is 522 g/mol. The fourth-order valence-corrected chi connectivity index (χ4v) is 5.75. The first-order valence-corrected chi connectivity index (χ1v) is 17.9. The van der Waals surface area contributed by atoms with Crippen LogP contribution in [0.4, 0.5) is 4.79 Å². The van der Waals surface area contributed by atoms with Gasteiger partial charge in [-0.2, -0.15) is 10.4 Å². The predicted molar refractivity (Wildman–Crippen MR) is 157 cm³/mol. The van der Waals surface area contributed by atoms with Crippen LogP contribution in [0.5, 0.6) is 0 Å². The number of carbonyl (C=O) groups excluding carboxylic acids is 1. The molecule has 10 nitrogen and oxygen atoms in total. The normalized spacial score (nSPS) is 15.8.